The van der Waals surface area contributed by atoms with E-state index in [1.165, 1.54) is 16.7 Å². The van der Waals surface area contributed by atoms with Crippen LogP contribution in [0.3, 0.4) is 0 Å². The first-order chi connectivity index (χ1) is 16.6. The molecule has 1 aliphatic heterocycles. The van der Waals surface area contributed by atoms with Gasteiger partial charge in [0, 0.05) is 30.9 Å². The van der Waals surface area contributed by atoms with Gasteiger partial charge in [0.25, 0.3) is 5.91 Å². The maximum absolute atomic E-state index is 12.3. The maximum atomic E-state index is 12.3. The molecule has 0 radical (unpaired) electrons. The Hall–Kier alpha value is -3.38. The molecule has 1 N–H and O–H groups in total. The first-order valence-electron chi connectivity index (χ1n) is 11.8. The van der Waals surface area contributed by atoms with Gasteiger partial charge in [0.2, 0.25) is 0 Å². The van der Waals surface area contributed by atoms with Crippen LogP contribution in [0.4, 0.5) is 5.69 Å². The average Bonchev–Trinajstić information content (AvgIpc) is 3.30. The van der Waals surface area contributed by atoms with E-state index in [0.29, 0.717) is 6.54 Å². The summed E-state index contributed by atoms with van der Waals surface area (Å²) in [4.78, 5) is 19.1. The lowest BCUT2D eigenvalue weighted by Crippen LogP contribution is -2.38. The number of carbonyl (C=O) groups is 1. The summed E-state index contributed by atoms with van der Waals surface area (Å²) in [5, 5.41) is 4.51. The molecule has 3 aromatic carbocycles. The summed E-state index contributed by atoms with van der Waals surface area (Å²) in [6.07, 6.45) is 3.40. The number of amides is 1. The number of anilines is 1. The van der Waals surface area contributed by atoms with Crippen molar-refractivity contribution in [3.05, 3.63) is 77.9 Å². The number of likely N-dealkylation sites (tertiary alicyclic amines) is 1. The summed E-state index contributed by atoms with van der Waals surface area (Å²) in [5.74, 6) is 0.803. The van der Waals surface area contributed by atoms with Crippen molar-refractivity contribution in [3.8, 4) is 16.3 Å². The fraction of sp³-hybridized carbons (Fsp3) is 0.286. The third-order valence-electron chi connectivity index (χ3n) is 6.14. The molecule has 0 saturated carbocycles. The normalized spacial score (nSPS) is 13.7. The number of fused-ring (bicyclic) bond motifs is 1. The van der Waals surface area contributed by atoms with E-state index in [4.69, 9.17) is 9.72 Å². The van der Waals surface area contributed by atoms with Crippen LogP contribution in [-0.2, 0) is 11.3 Å². The van der Waals surface area contributed by atoms with Crippen LogP contribution in [0.1, 0.15) is 30.4 Å². The number of aryl methyl sites for hydroxylation is 1. The van der Waals surface area contributed by atoms with Gasteiger partial charge in [-0.1, -0.05) is 18.2 Å². The topological polar surface area (TPSA) is 54.5 Å². The Labute approximate surface area is 204 Å². The van der Waals surface area contributed by atoms with E-state index in [1.807, 2.05) is 23.1 Å². The molecule has 1 aromatic heterocycles. The maximum Gasteiger partial charge on any atom is 0.260 e. The summed E-state index contributed by atoms with van der Waals surface area (Å²) in [6, 6.07) is 22.7. The van der Waals surface area contributed by atoms with Crippen LogP contribution in [0, 0.1) is 6.92 Å². The summed E-state index contributed by atoms with van der Waals surface area (Å²) in [6.45, 7) is 4.57. The molecule has 5 nitrogen and oxygen atoms in total. The van der Waals surface area contributed by atoms with E-state index in [-0.39, 0.29) is 12.5 Å². The zero-order chi connectivity index (χ0) is 23.3. The quantitative estimate of drug-likeness (QED) is 0.345. The Balaban J connectivity index is 1.16. The van der Waals surface area contributed by atoms with E-state index in [0.717, 1.165) is 59.0 Å². The van der Waals surface area contributed by atoms with E-state index >= 15 is 0 Å². The highest BCUT2D eigenvalue weighted by Crippen LogP contribution is 2.31. The highest BCUT2D eigenvalue weighted by atomic mass is 32.1. The Morgan fingerprint density at radius 2 is 1.85 bits per heavy atom. The van der Waals surface area contributed by atoms with Crippen LogP contribution in [0.2, 0.25) is 0 Å². The standard InChI is InChI=1S/C28H29N3O2S/c1-20-8-13-26-25(16-20)30-28(34-26)22-9-11-23(12-10-22)29-18-21-6-5-7-24(17-21)33-19-27(32)31-14-3-2-4-15-31/h5-13,16-17,29H,2-4,14-15,18-19H2,1H3. The Kier molecular flexibility index (Phi) is 6.77. The molecule has 2 heterocycles. The van der Waals surface area contributed by atoms with Crippen LogP contribution in [-0.4, -0.2) is 35.5 Å². The predicted octanol–water partition coefficient (Wildman–Crippen LogP) is 6.28. The average molecular weight is 472 g/mol. The second-order valence-corrected chi connectivity index (χ2v) is 9.83. The van der Waals surface area contributed by atoms with Crippen LogP contribution in [0.25, 0.3) is 20.8 Å². The monoisotopic (exact) mass is 471 g/mol. The van der Waals surface area contributed by atoms with Crippen molar-refractivity contribution in [1.29, 1.82) is 0 Å². The van der Waals surface area contributed by atoms with Gasteiger partial charge in [-0.3, -0.25) is 4.79 Å². The number of piperidine rings is 1. The molecule has 0 atom stereocenters. The lowest BCUT2D eigenvalue weighted by atomic mass is 10.1. The molecule has 1 fully saturated rings. The summed E-state index contributed by atoms with van der Waals surface area (Å²) in [7, 11) is 0. The molecule has 5 rings (SSSR count). The number of carbonyl (C=O) groups excluding carboxylic acids is 1. The molecular weight excluding hydrogens is 442 g/mol. The highest BCUT2D eigenvalue weighted by molar-refractivity contribution is 7.21. The number of hydrogen-bond donors (Lipinski definition) is 1. The molecular formula is C28H29N3O2S. The molecule has 6 heteroatoms. The second-order valence-electron chi connectivity index (χ2n) is 8.80. The van der Waals surface area contributed by atoms with Crippen molar-refractivity contribution in [3.63, 3.8) is 0 Å². The largest absolute Gasteiger partial charge is 0.484 e. The molecule has 1 amide bonds. The zero-order valence-corrected chi connectivity index (χ0v) is 20.2. The minimum atomic E-state index is 0.0755. The number of thiazole rings is 1. The van der Waals surface area contributed by atoms with Gasteiger partial charge in [0.05, 0.1) is 10.2 Å². The van der Waals surface area contributed by atoms with Crippen LogP contribution in [0.5, 0.6) is 5.75 Å². The molecule has 34 heavy (non-hydrogen) atoms. The van der Waals surface area contributed by atoms with Gasteiger partial charge in [-0.15, -0.1) is 11.3 Å². The van der Waals surface area contributed by atoms with E-state index < -0.39 is 0 Å². The lowest BCUT2D eigenvalue weighted by molar-refractivity contribution is -0.134. The summed E-state index contributed by atoms with van der Waals surface area (Å²) in [5.41, 5.74) is 5.56. The molecule has 0 unspecified atom stereocenters. The van der Waals surface area contributed by atoms with Gasteiger partial charge in [0.15, 0.2) is 6.61 Å². The number of aromatic nitrogens is 1. The van der Waals surface area contributed by atoms with Crippen LogP contribution < -0.4 is 10.1 Å². The molecule has 0 bridgehead atoms. The Morgan fingerprint density at radius 3 is 2.68 bits per heavy atom. The minimum Gasteiger partial charge on any atom is -0.484 e. The Morgan fingerprint density at radius 1 is 1.03 bits per heavy atom. The molecule has 4 aromatic rings. The fourth-order valence-corrected chi connectivity index (χ4v) is 5.17. The first kappa shape index (κ1) is 22.4. The number of rotatable bonds is 7. The van der Waals surface area contributed by atoms with Gasteiger partial charge in [-0.05, 0) is 85.8 Å². The van der Waals surface area contributed by atoms with Crippen molar-refractivity contribution in [1.82, 2.24) is 9.88 Å². The molecule has 0 spiro atoms. The van der Waals surface area contributed by atoms with Crippen molar-refractivity contribution >= 4 is 33.1 Å². The lowest BCUT2D eigenvalue weighted by Gasteiger charge is -2.26. The van der Waals surface area contributed by atoms with Gasteiger partial charge < -0.3 is 15.0 Å². The predicted molar refractivity (Wildman–Crippen MR) is 139 cm³/mol. The number of nitrogens with one attached hydrogen (secondary N) is 1. The van der Waals surface area contributed by atoms with E-state index in [2.05, 4.69) is 60.8 Å². The number of nitrogens with zero attached hydrogens (tertiary/aromatic N) is 2. The molecule has 1 saturated heterocycles. The summed E-state index contributed by atoms with van der Waals surface area (Å²) >= 11 is 1.72. The van der Waals surface area contributed by atoms with Gasteiger partial charge in [-0.2, -0.15) is 0 Å². The van der Waals surface area contributed by atoms with Crippen molar-refractivity contribution in [2.75, 3.05) is 25.0 Å². The van der Waals surface area contributed by atoms with Crippen molar-refractivity contribution < 1.29 is 9.53 Å². The Bertz CT molecular complexity index is 1280. The van der Waals surface area contributed by atoms with E-state index in [9.17, 15) is 4.79 Å². The van der Waals surface area contributed by atoms with E-state index in [1.54, 1.807) is 11.3 Å². The van der Waals surface area contributed by atoms with Crippen LogP contribution >= 0.6 is 11.3 Å². The van der Waals surface area contributed by atoms with Gasteiger partial charge in [-0.25, -0.2) is 4.98 Å². The third kappa shape index (κ3) is 5.39. The summed E-state index contributed by atoms with van der Waals surface area (Å²) < 4.78 is 7.00. The second kappa shape index (κ2) is 10.3. The molecule has 174 valence electrons. The van der Waals surface area contributed by atoms with Gasteiger partial charge in [0.1, 0.15) is 10.8 Å². The molecule has 0 aliphatic carbocycles. The fourth-order valence-electron chi connectivity index (χ4n) is 4.22. The first-order valence-corrected chi connectivity index (χ1v) is 12.7. The van der Waals surface area contributed by atoms with Gasteiger partial charge >= 0.3 is 0 Å². The minimum absolute atomic E-state index is 0.0755. The number of ether oxygens (including phenoxy) is 1. The molecule has 1 aliphatic rings. The smallest absolute Gasteiger partial charge is 0.260 e. The number of benzene rings is 3. The zero-order valence-electron chi connectivity index (χ0n) is 19.4. The number of hydrogen-bond acceptors (Lipinski definition) is 5. The van der Waals surface area contributed by atoms with Crippen molar-refractivity contribution in [2.45, 2.75) is 32.7 Å². The third-order valence-corrected chi connectivity index (χ3v) is 7.23. The van der Waals surface area contributed by atoms with Crippen LogP contribution in [0.15, 0.2) is 66.7 Å². The SMILES string of the molecule is Cc1ccc2sc(-c3ccc(NCc4cccc(OCC(=O)N5CCCCC5)c4)cc3)nc2c1. The van der Waals surface area contributed by atoms with Crippen molar-refractivity contribution in [2.24, 2.45) is 0 Å². The highest BCUT2D eigenvalue weighted by Gasteiger charge is 2.16.